The van der Waals surface area contributed by atoms with Gasteiger partial charge in [0.05, 0.1) is 6.54 Å². The van der Waals surface area contributed by atoms with Crippen molar-refractivity contribution in [2.24, 2.45) is 0 Å². The number of amides is 1. The van der Waals surface area contributed by atoms with E-state index in [-0.39, 0.29) is 5.91 Å². The molecule has 0 saturated carbocycles. The molecule has 1 N–H and O–H groups in total. The Bertz CT molecular complexity index is 686. The van der Waals surface area contributed by atoms with Gasteiger partial charge in [-0.05, 0) is 17.5 Å². The van der Waals surface area contributed by atoms with Crippen molar-refractivity contribution in [3.8, 4) is 0 Å². The lowest BCUT2D eigenvalue weighted by Crippen LogP contribution is -2.37. The summed E-state index contributed by atoms with van der Waals surface area (Å²) in [7, 11) is 0. The Balaban J connectivity index is 1.53. The van der Waals surface area contributed by atoms with Crippen molar-refractivity contribution in [1.82, 2.24) is 15.1 Å². The Hall–Kier alpha value is -1.44. The average Bonchev–Trinajstić information content (AvgIpc) is 2.93. The van der Waals surface area contributed by atoms with Crippen molar-refractivity contribution in [1.29, 1.82) is 0 Å². The molecule has 0 spiro atoms. The summed E-state index contributed by atoms with van der Waals surface area (Å²) in [6.07, 6.45) is 0.997. The van der Waals surface area contributed by atoms with Crippen molar-refractivity contribution in [3.63, 3.8) is 0 Å². The first-order chi connectivity index (χ1) is 11.1. The van der Waals surface area contributed by atoms with Crippen LogP contribution in [-0.4, -0.2) is 39.3 Å². The number of rotatable bonds is 5. The molecule has 0 bridgehead atoms. The molecule has 0 unspecified atom stereocenters. The van der Waals surface area contributed by atoms with E-state index in [1.807, 2.05) is 0 Å². The molecular formula is C16H20N4OS2. The van der Waals surface area contributed by atoms with Gasteiger partial charge in [-0.15, -0.1) is 10.2 Å². The zero-order chi connectivity index (χ0) is 16.2. The molecule has 0 fully saturated rings. The molecule has 23 heavy (non-hydrogen) atoms. The van der Waals surface area contributed by atoms with Crippen LogP contribution in [0.2, 0.25) is 0 Å². The Morgan fingerprint density at radius 2 is 2.13 bits per heavy atom. The number of hydrogen-bond donors (Lipinski definition) is 1. The number of hydrogen-bond acceptors (Lipinski definition) is 6. The fourth-order valence-electron chi connectivity index (χ4n) is 2.56. The van der Waals surface area contributed by atoms with Crippen molar-refractivity contribution >= 4 is 34.1 Å². The Morgan fingerprint density at radius 1 is 1.35 bits per heavy atom. The molecule has 1 amide bonds. The van der Waals surface area contributed by atoms with E-state index >= 15 is 0 Å². The second kappa shape index (κ2) is 7.42. The third kappa shape index (κ3) is 4.53. The highest BCUT2D eigenvalue weighted by Gasteiger charge is 2.18. The summed E-state index contributed by atoms with van der Waals surface area (Å²) in [5.74, 6) is -0.0263. The molecule has 1 aromatic heterocycles. The second-order valence-corrected chi connectivity index (χ2v) is 8.62. The Morgan fingerprint density at radius 3 is 2.91 bits per heavy atom. The summed E-state index contributed by atoms with van der Waals surface area (Å²) >= 11 is 3.09. The van der Waals surface area contributed by atoms with Crippen LogP contribution in [0, 0.1) is 0 Å². The Kier molecular flexibility index (Phi) is 5.30. The van der Waals surface area contributed by atoms with E-state index in [4.69, 9.17) is 0 Å². The minimum absolute atomic E-state index is 0.0263. The highest BCUT2D eigenvalue weighted by molar-refractivity contribution is 8.01. The van der Waals surface area contributed by atoms with Crippen molar-refractivity contribution in [2.75, 3.05) is 18.4 Å². The zero-order valence-corrected chi connectivity index (χ0v) is 14.9. The molecule has 0 aliphatic carbocycles. The van der Waals surface area contributed by atoms with Crippen molar-refractivity contribution < 1.29 is 4.79 Å². The van der Waals surface area contributed by atoms with Gasteiger partial charge in [0.1, 0.15) is 0 Å². The largest absolute Gasteiger partial charge is 0.299 e. The lowest BCUT2D eigenvalue weighted by atomic mass is 10.00. The van der Waals surface area contributed by atoms with E-state index in [9.17, 15) is 4.79 Å². The number of carbonyl (C=O) groups excluding carboxylic acids is 1. The summed E-state index contributed by atoms with van der Waals surface area (Å²) in [5, 5.41) is 12.0. The number of aromatic nitrogens is 2. The smallest absolute Gasteiger partial charge is 0.240 e. The fourth-order valence-corrected chi connectivity index (χ4v) is 4.55. The molecule has 0 saturated heterocycles. The SMILES string of the molecule is CC(C)Sc1nnc(NC(=O)CN2CCc3ccccc3C2)s1. The number of anilines is 1. The van der Waals surface area contributed by atoms with E-state index in [0.29, 0.717) is 16.9 Å². The number of nitrogens with one attached hydrogen (secondary N) is 1. The maximum Gasteiger partial charge on any atom is 0.240 e. The van der Waals surface area contributed by atoms with E-state index in [0.717, 1.165) is 23.8 Å². The molecule has 5 nitrogen and oxygen atoms in total. The summed E-state index contributed by atoms with van der Waals surface area (Å²) in [4.78, 5) is 14.4. The van der Waals surface area contributed by atoms with E-state index in [2.05, 4.69) is 58.5 Å². The predicted molar refractivity (Wildman–Crippen MR) is 95.0 cm³/mol. The highest BCUT2D eigenvalue weighted by Crippen LogP contribution is 2.28. The molecule has 1 aliphatic heterocycles. The minimum Gasteiger partial charge on any atom is -0.299 e. The monoisotopic (exact) mass is 348 g/mol. The zero-order valence-electron chi connectivity index (χ0n) is 13.3. The van der Waals surface area contributed by atoms with Gasteiger partial charge in [-0.1, -0.05) is 61.2 Å². The molecular weight excluding hydrogens is 328 g/mol. The van der Waals surface area contributed by atoms with Crippen LogP contribution in [-0.2, 0) is 17.8 Å². The standard InChI is InChI=1S/C16H20N4OS2/c1-11(2)22-16-19-18-15(23-16)17-14(21)10-20-8-7-12-5-3-4-6-13(12)9-20/h3-6,11H,7-10H2,1-2H3,(H,17,18,21). The number of nitrogens with zero attached hydrogens (tertiary/aromatic N) is 3. The van der Waals surface area contributed by atoms with Crippen LogP contribution in [0.1, 0.15) is 25.0 Å². The summed E-state index contributed by atoms with van der Waals surface area (Å²) in [5.41, 5.74) is 2.71. The van der Waals surface area contributed by atoms with Gasteiger partial charge in [-0.3, -0.25) is 15.0 Å². The molecule has 0 radical (unpaired) electrons. The molecule has 3 rings (SSSR count). The van der Waals surface area contributed by atoms with Crippen LogP contribution in [0.5, 0.6) is 0 Å². The second-order valence-electron chi connectivity index (χ2n) is 5.82. The predicted octanol–water partition coefficient (Wildman–Crippen LogP) is 3.04. The van der Waals surface area contributed by atoms with Crippen LogP contribution in [0.3, 0.4) is 0 Å². The maximum atomic E-state index is 12.2. The average molecular weight is 348 g/mol. The van der Waals surface area contributed by atoms with Crippen LogP contribution < -0.4 is 5.32 Å². The normalized spacial score (nSPS) is 14.7. The van der Waals surface area contributed by atoms with Crippen molar-refractivity contribution in [3.05, 3.63) is 35.4 Å². The van der Waals surface area contributed by atoms with Gasteiger partial charge in [0.15, 0.2) is 4.34 Å². The third-order valence-electron chi connectivity index (χ3n) is 3.57. The molecule has 2 heterocycles. The number of fused-ring (bicyclic) bond motifs is 1. The molecule has 2 aromatic rings. The van der Waals surface area contributed by atoms with E-state index in [1.165, 1.54) is 22.5 Å². The summed E-state index contributed by atoms with van der Waals surface area (Å²) < 4.78 is 0.891. The van der Waals surface area contributed by atoms with E-state index in [1.54, 1.807) is 11.8 Å². The van der Waals surface area contributed by atoms with E-state index < -0.39 is 0 Å². The number of benzene rings is 1. The van der Waals surface area contributed by atoms with Crippen LogP contribution >= 0.6 is 23.1 Å². The van der Waals surface area contributed by atoms with Gasteiger partial charge in [0, 0.05) is 18.3 Å². The summed E-state index contributed by atoms with van der Waals surface area (Å²) in [6, 6.07) is 8.43. The maximum absolute atomic E-state index is 12.2. The lowest BCUT2D eigenvalue weighted by molar-refractivity contribution is -0.117. The van der Waals surface area contributed by atoms with Gasteiger partial charge < -0.3 is 0 Å². The third-order valence-corrected chi connectivity index (χ3v) is 5.49. The first-order valence-electron chi connectivity index (χ1n) is 7.69. The first-order valence-corrected chi connectivity index (χ1v) is 9.39. The van der Waals surface area contributed by atoms with Gasteiger partial charge in [-0.2, -0.15) is 0 Å². The number of carbonyl (C=O) groups is 1. The van der Waals surface area contributed by atoms with Gasteiger partial charge in [0.2, 0.25) is 11.0 Å². The van der Waals surface area contributed by atoms with Crippen LogP contribution in [0.25, 0.3) is 0 Å². The molecule has 1 aromatic carbocycles. The molecule has 122 valence electrons. The highest BCUT2D eigenvalue weighted by atomic mass is 32.2. The van der Waals surface area contributed by atoms with Crippen LogP contribution in [0.4, 0.5) is 5.13 Å². The molecule has 1 aliphatic rings. The Labute approximate surface area is 144 Å². The lowest BCUT2D eigenvalue weighted by Gasteiger charge is -2.27. The molecule has 0 atom stereocenters. The van der Waals surface area contributed by atoms with Gasteiger partial charge in [0.25, 0.3) is 0 Å². The van der Waals surface area contributed by atoms with Crippen molar-refractivity contribution in [2.45, 2.75) is 36.4 Å². The molecule has 7 heteroatoms. The fraction of sp³-hybridized carbons (Fsp3) is 0.438. The van der Waals surface area contributed by atoms with Gasteiger partial charge in [-0.25, -0.2) is 0 Å². The topological polar surface area (TPSA) is 58.1 Å². The first kappa shape index (κ1) is 16.4. The minimum atomic E-state index is -0.0263. The number of thioether (sulfide) groups is 1. The van der Waals surface area contributed by atoms with Crippen LogP contribution in [0.15, 0.2) is 28.6 Å². The quantitative estimate of drug-likeness (QED) is 0.665. The summed E-state index contributed by atoms with van der Waals surface area (Å²) in [6.45, 7) is 6.35. The van der Waals surface area contributed by atoms with Gasteiger partial charge >= 0.3 is 0 Å².